The van der Waals surface area contributed by atoms with Crippen LogP contribution >= 0.6 is 0 Å². The molecule has 1 atom stereocenters. The monoisotopic (exact) mass is 186 g/mol. The lowest BCUT2D eigenvalue weighted by molar-refractivity contribution is -0.160. The SMILES string of the molecule is COC(=O)C1OCCCCCC1=O. The van der Waals surface area contributed by atoms with Crippen molar-refractivity contribution in [3.8, 4) is 0 Å². The average molecular weight is 186 g/mol. The summed E-state index contributed by atoms with van der Waals surface area (Å²) in [5, 5.41) is 0. The summed E-state index contributed by atoms with van der Waals surface area (Å²) in [6.07, 6.45) is 2.17. The van der Waals surface area contributed by atoms with E-state index in [-0.39, 0.29) is 5.78 Å². The van der Waals surface area contributed by atoms with Crippen molar-refractivity contribution in [1.29, 1.82) is 0 Å². The molecule has 0 aromatic rings. The minimum absolute atomic E-state index is 0.161. The van der Waals surface area contributed by atoms with Crippen molar-refractivity contribution < 1.29 is 19.1 Å². The van der Waals surface area contributed by atoms with Crippen LogP contribution in [0.15, 0.2) is 0 Å². The predicted molar refractivity (Wildman–Crippen MR) is 45.2 cm³/mol. The largest absolute Gasteiger partial charge is 0.467 e. The Morgan fingerprint density at radius 2 is 2.23 bits per heavy atom. The van der Waals surface area contributed by atoms with Gasteiger partial charge in [0.25, 0.3) is 0 Å². The summed E-state index contributed by atoms with van der Waals surface area (Å²) in [6.45, 7) is 0.464. The maximum Gasteiger partial charge on any atom is 0.342 e. The number of Topliss-reactive ketones (excluding diaryl/α,β-unsaturated/α-hetero) is 1. The molecule has 4 heteroatoms. The number of hydrogen-bond acceptors (Lipinski definition) is 4. The first-order valence-corrected chi connectivity index (χ1v) is 4.48. The summed E-state index contributed by atoms with van der Waals surface area (Å²) < 4.78 is 9.60. The lowest BCUT2D eigenvalue weighted by Crippen LogP contribution is -2.35. The molecule has 1 fully saturated rings. The van der Waals surface area contributed by atoms with Gasteiger partial charge in [0.15, 0.2) is 5.78 Å². The van der Waals surface area contributed by atoms with E-state index in [0.717, 1.165) is 19.3 Å². The van der Waals surface area contributed by atoms with Crippen LogP contribution in [0.3, 0.4) is 0 Å². The molecule has 0 aromatic heterocycles. The van der Waals surface area contributed by atoms with Crippen molar-refractivity contribution in [1.82, 2.24) is 0 Å². The summed E-state index contributed by atoms with van der Waals surface area (Å²) in [5.74, 6) is -0.738. The molecule has 1 aliphatic rings. The van der Waals surface area contributed by atoms with Gasteiger partial charge in [0.1, 0.15) is 0 Å². The Morgan fingerprint density at radius 3 is 2.92 bits per heavy atom. The maximum absolute atomic E-state index is 11.3. The minimum Gasteiger partial charge on any atom is -0.467 e. The van der Waals surface area contributed by atoms with Gasteiger partial charge in [0, 0.05) is 13.0 Å². The van der Waals surface area contributed by atoms with Crippen LogP contribution in [-0.2, 0) is 19.1 Å². The molecule has 74 valence electrons. The summed E-state index contributed by atoms with van der Waals surface area (Å²) in [5.41, 5.74) is 0. The fraction of sp³-hybridized carbons (Fsp3) is 0.778. The number of ketones is 1. The molecule has 0 N–H and O–H groups in total. The Kier molecular flexibility index (Phi) is 3.89. The molecule has 0 aliphatic carbocycles. The quantitative estimate of drug-likeness (QED) is 0.446. The Hall–Kier alpha value is -0.900. The first kappa shape index (κ1) is 10.2. The number of methoxy groups -OCH3 is 1. The van der Waals surface area contributed by atoms with Gasteiger partial charge in [-0.25, -0.2) is 4.79 Å². The highest BCUT2D eigenvalue weighted by Gasteiger charge is 2.28. The lowest BCUT2D eigenvalue weighted by Gasteiger charge is -2.16. The van der Waals surface area contributed by atoms with Crippen molar-refractivity contribution in [2.45, 2.75) is 31.8 Å². The second kappa shape index (κ2) is 4.97. The van der Waals surface area contributed by atoms with Crippen molar-refractivity contribution in [3.05, 3.63) is 0 Å². The van der Waals surface area contributed by atoms with Crippen LogP contribution in [0.4, 0.5) is 0 Å². The second-order valence-electron chi connectivity index (χ2n) is 3.05. The summed E-state index contributed by atoms with van der Waals surface area (Å²) in [6, 6.07) is 0. The van der Waals surface area contributed by atoms with E-state index in [0.29, 0.717) is 13.0 Å². The van der Waals surface area contributed by atoms with Crippen molar-refractivity contribution >= 4 is 11.8 Å². The lowest BCUT2D eigenvalue weighted by atomic mass is 10.1. The van der Waals surface area contributed by atoms with Crippen LogP contribution in [0.2, 0.25) is 0 Å². The van der Waals surface area contributed by atoms with E-state index in [1.807, 2.05) is 0 Å². The van der Waals surface area contributed by atoms with Gasteiger partial charge in [-0.1, -0.05) is 6.42 Å². The van der Waals surface area contributed by atoms with E-state index >= 15 is 0 Å². The first-order valence-electron chi connectivity index (χ1n) is 4.48. The standard InChI is InChI=1S/C9H14O4/c1-12-9(11)8-7(10)5-3-2-4-6-13-8/h8H,2-6H2,1H3. The zero-order chi connectivity index (χ0) is 9.68. The predicted octanol–water partition coefficient (Wildman–Crippen LogP) is 0.688. The number of hydrogen-bond donors (Lipinski definition) is 0. The maximum atomic E-state index is 11.3. The molecule has 1 heterocycles. The van der Waals surface area contributed by atoms with E-state index in [4.69, 9.17) is 4.74 Å². The highest BCUT2D eigenvalue weighted by atomic mass is 16.6. The summed E-state index contributed by atoms with van der Waals surface area (Å²) >= 11 is 0. The molecule has 0 radical (unpaired) electrons. The number of carbonyl (C=O) groups is 2. The molecule has 0 spiro atoms. The van der Waals surface area contributed by atoms with Crippen LogP contribution in [0.5, 0.6) is 0 Å². The van der Waals surface area contributed by atoms with Crippen LogP contribution in [0, 0.1) is 0 Å². The third kappa shape index (κ3) is 2.81. The summed E-state index contributed by atoms with van der Waals surface area (Å²) in [4.78, 5) is 22.4. The van der Waals surface area contributed by atoms with E-state index in [1.165, 1.54) is 7.11 Å². The van der Waals surface area contributed by atoms with Crippen LogP contribution in [0.25, 0.3) is 0 Å². The van der Waals surface area contributed by atoms with Gasteiger partial charge in [0.05, 0.1) is 7.11 Å². The average Bonchev–Trinajstić information content (AvgIpc) is 2.11. The number of carbonyl (C=O) groups excluding carboxylic acids is 2. The van der Waals surface area contributed by atoms with Crippen LogP contribution in [-0.4, -0.2) is 31.6 Å². The van der Waals surface area contributed by atoms with Gasteiger partial charge < -0.3 is 9.47 Å². The van der Waals surface area contributed by atoms with Crippen molar-refractivity contribution in [3.63, 3.8) is 0 Å². The van der Waals surface area contributed by atoms with E-state index in [9.17, 15) is 9.59 Å². The van der Waals surface area contributed by atoms with Gasteiger partial charge in [-0.3, -0.25) is 4.79 Å². The smallest absolute Gasteiger partial charge is 0.342 e. The zero-order valence-corrected chi connectivity index (χ0v) is 7.75. The fourth-order valence-corrected chi connectivity index (χ4v) is 1.31. The molecule has 13 heavy (non-hydrogen) atoms. The molecule has 1 rings (SSSR count). The number of esters is 1. The van der Waals surface area contributed by atoms with E-state index in [1.54, 1.807) is 0 Å². The number of rotatable bonds is 1. The fourth-order valence-electron chi connectivity index (χ4n) is 1.31. The zero-order valence-electron chi connectivity index (χ0n) is 7.75. The van der Waals surface area contributed by atoms with E-state index < -0.39 is 12.1 Å². The van der Waals surface area contributed by atoms with Gasteiger partial charge in [-0.05, 0) is 12.8 Å². The Bertz CT molecular complexity index is 200. The first-order chi connectivity index (χ1) is 6.25. The highest BCUT2D eigenvalue weighted by molar-refractivity contribution is 6.01. The van der Waals surface area contributed by atoms with Crippen LogP contribution < -0.4 is 0 Å². The Labute approximate surface area is 77.2 Å². The third-order valence-corrected chi connectivity index (χ3v) is 2.06. The van der Waals surface area contributed by atoms with Crippen molar-refractivity contribution in [2.75, 3.05) is 13.7 Å². The molecular weight excluding hydrogens is 172 g/mol. The molecule has 4 nitrogen and oxygen atoms in total. The molecular formula is C9H14O4. The van der Waals surface area contributed by atoms with Gasteiger partial charge in [-0.2, -0.15) is 0 Å². The third-order valence-electron chi connectivity index (χ3n) is 2.06. The van der Waals surface area contributed by atoms with Crippen LogP contribution in [0.1, 0.15) is 25.7 Å². The molecule has 1 saturated heterocycles. The van der Waals surface area contributed by atoms with Gasteiger partial charge >= 0.3 is 5.97 Å². The number of ether oxygens (including phenoxy) is 2. The molecule has 0 bridgehead atoms. The highest BCUT2D eigenvalue weighted by Crippen LogP contribution is 2.11. The van der Waals surface area contributed by atoms with E-state index in [2.05, 4.69) is 4.74 Å². The van der Waals surface area contributed by atoms with Gasteiger partial charge in [0.2, 0.25) is 6.10 Å². The molecule has 1 unspecified atom stereocenters. The normalized spacial score (nSPS) is 24.7. The van der Waals surface area contributed by atoms with Gasteiger partial charge in [-0.15, -0.1) is 0 Å². The molecule has 0 saturated carbocycles. The molecule has 0 amide bonds. The summed E-state index contributed by atoms with van der Waals surface area (Å²) in [7, 11) is 1.26. The minimum atomic E-state index is -0.981. The topological polar surface area (TPSA) is 52.6 Å². The Balaban J connectivity index is 2.56. The van der Waals surface area contributed by atoms with Crippen molar-refractivity contribution in [2.24, 2.45) is 0 Å². The second-order valence-corrected chi connectivity index (χ2v) is 3.05. The Morgan fingerprint density at radius 1 is 1.46 bits per heavy atom. The molecule has 0 aromatic carbocycles. The molecule has 1 aliphatic heterocycles.